The SMILES string of the molecule is Cc1ccc(O)c([C@H](N)C(C)(C)CO)c1.Cl. The summed E-state index contributed by atoms with van der Waals surface area (Å²) in [6.07, 6.45) is 0. The number of phenols is 1. The van der Waals surface area contributed by atoms with Gasteiger partial charge in [-0.15, -0.1) is 12.4 Å². The van der Waals surface area contributed by atoms with Crippen molar-refractivity contribution in [3.05, 3.63) is 29.3 Å². The topological polar surface area (TPSA) is 66.5 Å². The summed E-state index contributed by atoms with van der Waals surface area (Å²) < 4.78 is 0. The van der Waals surface area contributed by atoms with E-state index in [4.69, 9.17) is 5.73 Å². The fraction of sp³-hybridized carbons (Fsp3) is 0.500. The zero-order valence-electron chi connectivity index (χ0n) is 9.90. The molecule has 0 radical (unpaired) electrons. The Kier molecular flexibility index (Phi) is 5.26. The van der Waals surface area contributed by atoms with Crippen LogP contribution in [0.2, 0.25) is 0 Å². The highest BCUT2D eigenvalue weighted by molar-refractivity contribution is 5.85. The van der Waals surface area contributed by atoms with Crippen molar-refractivity contribution in [1.29, 1.82) is 0 Å². The van der Waals surface area contributed by atoms with E-state index in [9.17, 15) is 10.2 Å². The summed E-state index contributed by atoms with van der Waals surface area (Å²) in [7, 11) is 0. The number of hydrogen-bond donors (Lipinski definition) is 3. The van der Waals surface area contributed by atoms with Gasteiger partial charge in [-0.1, -0.05) is 31.5 Å². The number of benzene rings is 1. The number of nitrogens with two attached hydrogens (primary N) is 1. The molecular weight excluding hydrogens is 226 g/mol. The lowest BCUT2D eigenvalue weighted by molar-refractivity contribution is 0.131. The number of aromatic hydroxyl groups is 1. The third-order valence-electron chi connectivity index (χ3n) is 2.77. The predicted octanol–water partition coefficient (Wildman–Crippen LogP) is 2.14. The first kappa shape index (κ1) is 15.2. The lowest BCUT2D eigenvalue weighted by Gasteiger charge is -2.30. The molecule has 0 spiro atoms. The van der Waals surface area contributed by atoms with Gasteiger partial charge in [-0.3, -0.25) is 0 Å². The van der Waals surface area contributed by atoms with Gasteiger partial charge in [0.15, 0.2) is 0 Å². The highest BCUT2D eigenvalue weighted by Crippen LogP contribution is 2.35. The summed E-state index contributed by atoms with van der Waals surface area (Å²) in [5.74, 6) is 0.189. The van der Waals surface area contributed by atoms with Gasteiger partial charge in [0.05, 0.1) is 0 Å². The van der Waals surface area contributed by atoms with Crippen molar-refractivity contribution >= 4 is 12.4 Å². The summed E-state index contributed by atoms with van der Waals surface area (Å²) >= 11 is 0. The molecule has 0 fully saturated rings. The van der Waals surface area contributed by atoms with Gasteiger partial charge in [0.25, 0.3) is 0 Å². The fourth-order valence-corrected chi connectivity index (χ4v) is 1.44. The van der Waals surface area contributed by atoms with Crippen molar-refractivity contribution in [1.82, 2.24) is 0 Å². The van der Waals surface area contributed by atoms with E-state index >= 15 is 0 Å². The minimum Gasteiger partial charge on any atom is -0.508 e. The largest absolute Gasteiger partial charge is 0.508 e. The Morgan fingerprint density at radius 2 is 1.94 bits per heavy atom. The Labute approximate surface area is 103 Å². The molecule has 16 heavy (non-hydrogen) atoms. The molecule has 0 amide bonds. The molecule has 0 bridgehead atoms. The molecule has 0 heterocycles. The molecular formula is C12H20ClNO2. The van der Waals surface area contributed by atoms with Gasteiger partial charge in [0.1, 0.15) is 5.75 Å². The van der Waals surface area contributed by atoms with Crippen LogP contribution in [0.25, 0.3) is 0 Å². The predicted molar refractivity (Wildman–Crippen MR) is 67.9 cm³/mol. The maximum absolute atomic E-state index is 9.70. The lowest BCUT2D eigenvalue weighted by Crippen LogP contribution is -2.32. The third-order valence-corrected chi connectivity index (χ3v) is 2.77. The maximum Gasteiger partial charge on any atom is 0.120 e. The van der Waals surface area contributed by atoms with Gasteiger partial charge in [0.2, 0.25) is 0 Å². The second-order valence-electron chi connectivity index (χ2n) is 4.69. The molecule has 92 valence electrons. The lowest BCUT2D eigenvalue weighted by atomic mass is 9.81. The van der Waals surface area contributed by atoms with E-state index in [1.807, 2.05) is 32.9 Å². The number of halogens is 1. The van der Waals surface area contributed by atoms with Crippen LogP contribution >= 0.6 is 12.4 Å². The van der Waals surface area contributed by atoms with Crippen molar-refractivity contribution in [2.45, 2.75) is 26.8 Å². The first-order chi connectivity index (χ1) is 6.88. The van der Waals surface area contributed by atoms with Gasteiger partial charge in [-0.2, -0.15) is 0 Å². The Bertz CT molecular complexity index is 353. The van der Waals surface area contributed by atoms with Crippen LogP contribution in [-0.4, -0.2) is 16.8 Å². The minimum atomic E-state index is -0.439. The Morgan fingerprint density at radius 3 is 2.44 bits per heavy atom. The molecule has 0 aliphatic carbocycles. The van der Waals surface area contributed by atoms with E-state index < -0.39 is 5.41 Å². The molecule has 0 saturated heterocycles. The standard InChI is InChI=1S/C12H19NO2.ClH/c1-8-4-5-10(15)9(6-8)11(13)12(2,3)7-14;/h4-6,11,14-15H,7,13H2,1-3H3;1H/t11-;/m0./s1. The molecule has 3 nitrogen and oxygen atoms in total. The van der Waals surface area contributed by atoms with Crippen molar-refractivity contribution in [2.24, 2.45) is 11.1 Å². The number of aliphatic hydroxyl groups is 1. The van der Waals surface area contributed by atoms with Crippen molar-refractivity contribution in [3.8, 4) is 5.75 Å². The van der Waals surface area contributed by atoms with Crippen LogP contribution in [-0.2, 0) is 0 Å². The Hall–Kier alpha value is -0.770. The zero-order chi connectivity index (χ0) is 11.6. The van der Waals surface area contributed by atoms with Crippen LogP contribution < -0.4 is 5.73 Å². The monoisotopic (exact) mass is 245 g/mol. The van der Waals surface area contributed by atoms with E-state index in [0.29, 0.717) is 5.56 Å². The van der Waals surface area contributed by atoms with E-state index in [2.05, 4.69) is 0 Å². The normalized spacial score (nSPS) is 13.1. The minimum absolute atomic E-state index is 0. The summed E-state index contributed by atoms with van der Waals surface area (Å²) in [5.41, 5.74) is 7.33. The smallest absolute Gasteiger partial charge is 0.120 e. The van der Waals surface area contributed by atoms with E-state index in [1.165, 1.54) is 0 Å². The van der Waals surface area contributed by atoms with E-state index in [0.717, 1.165) is 5.56 Å². The second-order valence-corrected chi connectivity index (χ2v) is 4.69. The Balaban J connectivity index is 0.00000225. The van der Waals surface area contributed by atoms with E-state index in [1.54, 1.807) is 6.07 Å². The molecule has 0 aliphatic heterocycles. The molecule has 1 rings (SSSR count). The number of hydrogen-bond acceptors (Lipinski definition) is 3. The molecule has 1 aromatic rings. The molecule has 0 unspecified atom stereocenters. The molecule has 0 saturated carbocycles. The summed E-state index contributed by atoms with van der Waals surface area (Å²) in [5, 5.41) is 18.9. The van der Waals surface area contributed by atoms with Crippen molar-refractivity contribution < 1.29 is 10.2 Å². The quantitative estimate of drug-likeness (QED) is 0.765. The number of aryl methyl sites for hydroxylation is 1. The molecule has 4 N–H and O–H groups in total. The molecule has 0 aromatic heterocycles. The zero-order valence-corrected chi connectivity index (χ0v) is 10.7. The van der Waals surface area contributed by atoms with Gasteiger partial charge >= 0.3 is 0 Å². The van der Waals surface area contributed by atoms with Crippen LogP contribution in [0.1, 0.15) is 31.0 Å². The molecule has 1 atom stereocenters. The van der Waals surface area contributed by atoms with Crippen molar-refractivity contribution in [3.63, 3.8) is 0 Å². The van der Waals surface area contributed by atoms with Crippen LogP contribution in [0.5, 0.6) is 5.75 Å². The van der Waals surface area contributed by atoms with Crippen LogP contribution in [0, 0.1) is 12.3 Å². The third kappa shape index (κ3) is 3.11. The summed E-state index contributed by atoms with van der Waals surface area (Å²) in [6, 6.07) is 4.95. The van der Waals surface area contributed by atoms with Crippen LogP contribution in [0.4, 0.5) is 0 Å². The molecule has 0 aliphatic rings. The summed E-state index contributed by atoms with van der Waals surface area (Å²) in [4.78, 5) is 0. The van der Waals surface area contributed by atoms with Gasteiger partial charge in [-0.25, -0.2) is 0 Å². The average Bonchev–Trinajstić information content (AvgIpc) is 2.20. The van der Waals surface area contributed by atoms with Crippen LogP contribution in [0.15, 0.2) is 18.2 Å². The van der Waals surface area contributed by atoms with Crippen molar-refractivity contribution in [2.75, 3.05) is 6.61 Å². The number of phenolic OH excluding ortho intramolecular Hbond substituents is 1. The number of aliphatic hydroxyl groups excluding tert-OH is 1. The second kappa shape index (κ2) is 5.53. The fourth-order valence-electron chi connectivity index (χ4n) is 1.44. The summed E-state index contributed by atoms with van der Waals surface area (Å²) in [6.45, 7) is 5.68. The molecule has 1 aromatic carbocycles. The van der Waals surface area contributed by atoms with Crippen LogP contribution in [0.3, 0.4) is 0 Å². The highest BCUT2D eigenvalue weighted by atomic mass is 35.5. The first-order valence-corrected chi connectivity index (χ1v) is 5.04. The molecule has 4 heteroatoms. The first-order valence-electron chi connectivity index (χ1n) is 5.04. The number of rotatable bonds is 3. The highest BCUT2D eigenvalue weighted by Gasteiger charge is 2.28. The maximum atomic E-state index is 9.70. The van der Waals surface area contributed by atoms with Gasteiger partial charge < -0.3 is 15.9 Å². The van der Waals surface area contributed by atoms with Gasteiger partial charge in [0, 0.05) is 23.6 Å². The van der Waals surface area contributed by atoms with Gasteiger partial charge in [-0.05, 0) is 13.0 Å². The average molecular weight is 246 g/mol. The Morgan fingerprint density at radius 1 is 1.38 bits per heavy atom. The van der Waals surface area contributed by atoms with E-state index in [-0.39, 0.29) is 30.8 Å².